The molecule has 0 N–H and O–H groups in total. The Morgan fingerprint density at radius 2 is 1.25 bits per heavy atom. The zero-order valence-electron chi connectivity index (χ0n) is 3.41. The number of hydrogen-bond acceptors (Lipinski definition) is 2. The average molecular weight is 161 g/mol. The van der Waals surface area contributed by atoms with Crippen molar-refractivity contribution in [2.45, 2.75) is 0 Å². The van der Waals surface area contributed by atoms with Crippen LogP contribution < -0.4 is 0 Å². The van der Waals surface area contributed by atoms with E-state index >= 15 is 0 Å². The molecule has 2 nitrogen and oxygen atoms in total. The summed E-state index contributed by atoms with van der Waals surface area (Å²) < 4.78 is 21.9. The molecule has 0 saturated heterocycles. The van der Waals surface area contributed by atoms with E-state index in [0.717, 1.165) is 0 Å². The summed E-state index contributed by atoms with van der Waals surface area (Å²) in [7, 11) is 0. The summed E-state index contributed by atoms with van der Waals surface area (Å²) >= 11 is 9.58. The van der Waals surface area contributed by atoms with Crippen molar-refractivity contribution in [3.63, 3.8) is 0 Å². The molecule has 0 aromatic heterocycles. The van der Waals surface area contributed by atoms with Crippen LogP contribution in [0.25, 0.3) is 0 Å². The molecule has 0 amide bonds. The number of rotatable bonds is 1. The van der Waals surface area contributed by atoms with Crippen molar-refractivity contribution < 1.29 is 8.96 Å². The van der Waals surface area contributed by atoms with Crippen LogP contribution in [0.15, 0.2) is 10.4 Å². The van der Waals surface area contributed by atoms with Crippen molar-refractivity contribution in [2.75, 3.05) is 0 Å². The minimum atomic E-state index is -0.797. The van der Waals surface area contributed by atoms with Gasteiger partial charge < -0.3 is 0 Å². The summed E-state index contributed by atoms with van der Waals surface area (Å²) in [4.78, 5) is 0. The lowest BCUT2D eigenvalue weighted by Gasteiger charge is -1.80. The molecule has 8 heavy (non-hydrogen) atoms. The lowest BCUT2D eigenvalue weighted by atomic mass is 10.8. The SMILES string of the molecule is FN=C(Cl)C(Cl)=NF. The van der Waals surface area contributed by atoms with E-state index in [-0.39, 0.29) is 0 Å². The molecule has 0 aliphatic rings. The second-order valence-electron chi connectivity index (χ2n) is 0.751. The van der Waals surface area contributed by atoms with Gasteiger partial charge >= 0.3 is 0 Å². The highest BCUT2D eigenvalue weighted by Crippen LogP contribution is 1.96. The van der Waals surface area contributed by atoms with Gasteiger partial charge in [0.1, 0.15) is 0 Å². The predicted molar refractivity (Wildman–Crippen MR) is 28.8 cm³/mol. The van der Waals surface area contributed by atoms with Crippen molar-refractivity contribution in [1.82, 2.24) is 0 Å². The van der Waals surface area contributed by atoms with Gasteiger partial charge in [0, 0.05) is 0 Å². The first-order valence-corrected chi connectivity index (χ1v) is 2.17. The van der Waals surface area contributed by atoms with Gasteiger partial charge in [0.15, 0.2) is 0 Å². The van der Waals surface area contributed by atoms with Gasteiger partial charge in [-0.3, -0.25) is 0 Å². The van der Waals surface area contributed by atoms with Crippen LogP contribution in [-0.4, -0.2) is 10.3 Å². The summed E-state index contributed by atoms with van der Waals surface area (Å²) in [6, 6.07) is 0. The fourth-order valence-corrected chi connectivity index (χ4v) is 0.134. The zero-order valence-corrected chi connectivity index (χ0v) is 4.92. The molecule has 0 aromatic carbocycles. The van der Waals surface area contributed by atoms with E-state index in [1.807, 2.05) is 10.4 Å². The molecule has 0 spiro atoms. The molecule has 0 bridgehead atoms. The van der Waals surface area contributed by atoms with Crippen LogP contribution in [0, 0.1) is 0 Å². The van der Waals surface area contributed by atoms with Gasteiger partial charge in [0.2, 0.25) is 10.3 Å². The van der Waals surface area contributed by atoms with Gasteiger partial charge in [0.05, 0.1) is 0 Å². The van der Waals surface area contributed by atoms with Crippen LogP contribution in [0.5, 0.6) is 0 Å². The second kappa shape index (κ2) is 3.74. The van der Waals surface area contributed by atoms with Crippen LogP contribution >= 0.6 is 23.2 Å². The zero-order chi connectivity index (χ0) is 6.57. The minimum Gasteiger partial charge on any atom is -0.0738 e. The normalized spacial score (nSPS) is 14.5. The Bertz CT molecular complexity index is 116. The van der Waals surface area contributed by atoms with E-state index in [1.54, 1.807) is 0 Å². The van der Waals surface area contributed by atoms with Crippen molar-refractivity contribution in [2.24, 2.45) is 10.4 Å². The smallest absolute Gasteiger partial charge is 0.0738 e. The monoisotopic (exact) mass is 160 g/mol. The average Bonchev–Trinajstić information content (AvgIpc) is 1.84. The predicted octanol–water partition coefficient (Wildman–Crippen LogP) is 2.03. The van der Waals surface area contributed by atoms with Gasteiger partial charge in [-0.05, 0) is 0 Å². The molecule has 0 atom stereocenters. The highest BCUT2D eigenvalue weighted by molar-refractivity contribution is 7.00. The maximum absolute atomic E-state index is 10.9. The third-order valence-electron chi connectivity index (χ3n) is 0.319. The minimum absolute atomic E-state index is 0.797. The van der Waals surface area contributed by atoms with E-state index in [4.69, 9.17) is 23.2 Å². The first-order chi connectivity index (χ1) is 3.72. The van der Waals surface area contributed by atoms with Crippen LogP contribution in [0.1, 0.15) is 0 Å². The molecule has 0 aromatic rings. The number of hydrogen-bond donors (Lipinski definition) is 0. The van der Waals surface area contributed by atoms with Crippen molar-refractivity contribution >= 4 is 33.5 Å². The highest BCUT2D eigenvalue weighted by Gasteiger charge is 2.00. The Labute approximate surface area is 53.7 Å². The van der Waals surface area contributed by atoms with Crippen molar-refractivity contribution in [3.8, 4) is 0 Å². The fraction of sp³-hybridized carbons (Fsp3) is 0. The Balaban J connectivity index is 4.04. The molecular formula is C2Cl2F2N2. The van der Waals surface area contributed by atoms with Gasteiger partial charge in [-0.25, -0.2) is 0 Å². The third kappa shape index (κ3) is 2.18. The second-order valence-corrected chi connectivity index (χ2v) is 1.47. The third-order valence-corrected chi connectivity index (χ3v) is 0.901. The molecule has 0 aliphatic heterocycles. The van der Waals surface area contributed by atoms with Gasteiger partial charge in [-0.2, -0.15) is 0 Å². The maximum Gasteiger partial charge on any atom is 0.202 e. The fourth-order valence-electron chi connectivity index (χ4n) is 0.0697. The van der Waals surface area contributed by atoms with Crippen LogP contribution in [0.3, 0.4) is 0 Å². The van der Waals surface area contributed by atoms with E-state index in [0.29, 0.717) is 0 Å². The number of nitrogens with zero attached hydrogens (tertiary/aromatic N) is 2. The standard InChI is InChI=1S/C2Cl2F2N2/c3-1(7-5)2(4)8-6. The van der Waals surface area contributed by atoms with Crippen molar-refractivity contribution in [3.05, 3.63) is 0 Å². The molecule has 0 fully saturated rings. The van der Waals surface area contributed by atoms with Gasteiger partial charge in [0.25, 0.3) is 0 Å². The van der Waals surface area contributed by atoms with Gasteiger partial charge in [-0.1, -0.05) is 42.6 Å². The topological polar surface area (TPSA) is 24.7 Å². The molecule has 46 valence electrons. The molecule has 0 heterocycles. The highest BCUT2D eigenvalue weighted by atomic mass is 35.5. The molecule has 0 unspecified atom stereocenters. The number of halogens is 4. The van der Waals surface area contributed by atoms with Crippen LogP contribution in [-0.2, 0) is 0 Å². The first-order valence-electron chi connectivity index (χ1n) is 1.41. The Hall–Kier alpha value is -0.220. The lowest BCUT2D eigenvalue weighted by molar-refractivity contribution is 0.534. The summed E-state index contributed by atoms with van der Waals surface area (Å²) in [5, 5.41) is 2.08. The van der Waals surface area contributed by atoms with E-state index < -0.39 is 10.3 Å². The Morgan fingerprint density at radius 3 is 1.38 bits per heavy atom. The molecule has 0 rings (SSSR count). The van der Waals surface area contributed by atoms with Crippen LogP contribution in [0.2, 0.25) is 0 Å². The van der Waals surface area contributed by atoms with Crippen LogP contribution in [0.4, 0.5) is 8.96 Å². The quantitative estimate of drug-likeness (QED) is 0.525. The molecular weight excluding hydrogens is 161 g/mol. The first kappa shape index (κ1) is 7.78. The Morgan fingerprint density at radius 1 is 1.00 bits per heavy atom. The summed E-state index contributed by atoms with van der Waals surface area (Å²) in [6.07, 6.45) is 0. The van der Waals surface area contributed by atoms with Gasteiger partial charge in [-0.15, -0.1) is 0 Å². The van der Waals surface area contributed by atoms with E-state index in [9.17, 15) is 8.96 Å². The molecule has 0 radical (unpaired) electrons. The molecule has 0 saturated carbocycles. The lowest BCUT2D eigenvalue weighted by Crippen LogP contribution is -1.95. The van der Waals surface area contributed by atoms with E-state index in [2.05, 4.69) is 0 Å². The van der Waals surface area contributed by atoms with E-state index in [1.165, 1.54) is 0 Å². The van der Waals surface area contributed by atoms with Crippen molar-refractivity contribution in [1.29, 1.82) is 0 Å². The summed E-state index contributed by atoms with van der Waals surface area (Å²) in [6.45, 7) is 0. The molecule has 6 heteroatoms. The largest absolute Gasteiger partial charge is 0.202 e. The summed E-state index contributed by atoms with van der Waals surface area (Å²) in [5.41, 5.74) is 0. The Kier molecular flexibility index (Phi) is 3.64. The summed E-state index contributed by atoms with van der Waals surface area (Å²) in [5.74, 6) is 0. The maximum atomic E-state index is 10.9. The molecule has 0 aliphatic carbocycles.